The van der Waals surface area contributed by atoms with Gasteiger partial charge in [0.25, 0.3) is 5.91 Å². The van der Waals surface area contributed by atoms with Crippen LogP contribution in [0.2, 0.25) is 0 Å². The van der Waals surface area contributed by atoms with Gasteiger partial charge in [0.05, 0.1) is 16.3 Å². The van der Waals surface area contributed by atoms with Crippen LogP contribution < -0.4 is 5.32 Å². The predicted molar refractivity (Wildman–Crippen MR) is 118 cm³/mol. The number of carbonyl (C=O) groups is 1. The van der Waals surface area contributed by atoms with Crippen molar-refractivity contribution in [2.24, 2.45) is 0 Å². The first-order valence-electron chi connectivity index (χ1n) is 9.83. The highest BCUT2D eigenvalue weighted by Crippen LogP contribution is 2.29. The number of carbonyl (C=O) groups excluding carboxylic acids is 1. The van der Waals surface area contributed by atoms with Gasteiger partial charge >= 0.3 is 0 Å². The summed E-state index contributed by atoms with van der Waals surface area (Å²) in [4.78, 5) is 20.9. The third-order valence-corrected chi connectivity index (χ3v) is 7.85. The van der Waals surface area contributed by atoms with Crippen LogP contribution in [-0.2, 0) is 29.3 Å². The average Bonchev–Trinajstić information content (AvgIpc) is 3.16. The Morgan fingerprint density at radius 3 is 2.73 bits per heavy atom. The van der Waals surface area contributed by atoms with E-state index in [0.717, 1.165) is 36.6 Å². The zero-order chi connectivity index (χ0) is 21.1. The fraction of sp³-hybridized carbons (Fsp3) is 0.273. The molecule has 0 radical (unpaired) electrons. The first kappa shape index (κ1) is 20.7. The molecule has 2 aromatic carbocycles. The molecule has 1 N–H and O–H groups in total. The van der Waals surface area contributed by atoms with Crippen molar-refractivity contribution in [2.75, 3.05) is 17.6 Å². The smallest absolute Gasteiger partial charge is 0.257 e. The van der Waals surface area contributed by atoms with E-state index in [4.69, 9.17) is 0 Å². The second-order valence-corrected chi connectivity index (χ2v) is 10.6. The van der Waals surface area contributed by atoms with E-state index >= 15 is 0 Å². The van der Waals surface area contributed by atoms with Gasteiger partial charge in [-0.05, 0) is 23.8 Å². The molecule has 0 fully saturated rings. The molecule has 2 heterocycles. The fourth-order valence-electron chi connectivity index (χ4n) is 3.45. The number of anilines is 1. The summed E-state index contributed by atoms with van der Waals surface area (Å²) in [7, 11) is -3.36. The topological polar surface area (TPSA) is 79.4 Å². The molecule has 1 aliphatic rings. The fourth-order valence-corrected chi connectivity index (χ4v) is 5.42. The lowest BCUT2D eigenvalue weighted by Crippen LogP contribution is -2.29. The van der Waals surface area contributed by atoms with E-state index in [9.17, 15) is 13.2 Å². The van der Waals surface area contributed by atoms with Gasteiger partial charge in [-0.15, -0.1) is 11.3 Å². The van der Waals surface area contributed by atoms with Gasteiger partial charge in [-0.1, -0.05) is 43.3 Å². The van der Waals surface area contributed by atoms with Crippen LogP contribution in [0.4, 0.5) is 5.13 Å². The Labute approximate surface area is 180 Å². The van der Waals surface area contributed by atoms with Crippen LogP contribution in [0.25, 0.3) is 0 Å². The van der Waals surface area contributed by atoms with Crippen molar-refractivity contribution in [3.8, 4) is 0 Å². The molecule has 1 aliphatic heterocycles. The van der Waals surface area contributed by atoms with Gasteiger partial charge < -0.3 is 0 Å². The Balaban J connectivity index is 1.45. The Morgan fingerprint density at radius 1 is 1.17 bits per heavy atom. The van der Waals surface area contributed by atoms with Gasteiger partial charge in [0, 0.05) is 36.5 Å². The number of rotatable bonds is 6. The van der Waals surface area contributed by atoms with Crippen LogP contribution in [0.3, 0.4) is 0 Å². The molecule has 1 aromatic heterocycles. The van der Waals surface area contributed by atoms with Crippen LogP contribution in [-0.4, -0.2) is 36.5 Å². The van der Waals surface area contributed by atoms with Crippen molar-refractivity contribution in [3.05, 3.63) is 76.3 Å². The lowest BCUT2D eigenvalue weighted by molar-refractivity contribution is 0.102. The van der Waals surface area contributed by atoms with E-state index in [1.807, 2.05) is 18.2 Å². The molecule has 1 amide bonds. The van der Waals surface area contributed by atoms with Gasteiger partial charge in [-0.3, -0.25) is 15.0 Å². The van der Waals surface area contributed by atoms with E-state index in [1.165, 1.54) is 29.0 Å². The predicted octanol–water partition coefficient (Wildman–Crippen LogP) is 3.75. The van der Waals surface area contributed by atoms with Crippen molar-refractivity contribution in [1.29, 1.82) is 0 Å². The molecule has 0 saturated carbocycles. The highest BCUT2D eigenvalue weighted by atomic mass is 32.2. The van der Waals surface area contributed by atoms with Crippen LogP contribution in [0.5, 0.6) is 0 Å². The summed E-state index contributed by atoms with van der Waals surface area (Å²) in [5.41, 5.74) is 2.62. The first-order valence-corrected chi connectivity index (χ1v) is 12.3. The summed E-state index contributed by atoms with van der Waals surface area (Å²) in [5.74, 6) is -0.355. The molecular weight excluding hydrogens is 418 g/mol. The molecule has 8 heteroatoms. The molecule has 4 rings (SSSR count). The van der Waals surface area contributed by atoms with Crippen LogP contribution in [0, 0.1) is 0 Å². The summed E-state index contributed by atoms with van der Waals surface area (Å²) in [6.07, 6.45) is 0.846. The van der Waals surface area contributed by atoms with Crippen LogP contribution in [0.15, 0.2) is 59.5 Å². The molecule has 0 spiro atoms. The Hall–Kier alpha value is -2.55. The quantitative estimate of drug-likeness (QED) is 0.630. The molecule has 156 valence electrons. The summed E-state index contributed by atoms with van der Waals surface area (Å²) >= 11 is 1.48. The third-order valence-electron chi connectivity index (χ3n) is 5.12. The molecule has 3 aromatic rings. The lowest BCUT2D eigenvalue weighted by Gasteiger charge is -2.25. The zero-order valence-corrected chi connectivity index (χ0v) is 18.3. The maximum Gasteiger partial charge on any atom is 0.257 e. The Kier molecular flexibility index (Phi) is 5.99. The number of hydrogen-bond acceptors (Lipinski definition) is 6. The number of benzene rings is 2. The maximum absolute atomic E-state index is 12.7. The van der Waals surface area contributed by atoms with Crippen molar-refractivity contribution in [2.45, 2.75) is 31.3 Å². The molecule has 0 bridgehead atoms. The Morgan fingerprint density at radius 2 is 1.97 bits per heavy atom. The summed E-state index contributed by atoms with van der Waals surface area (Å²) in [6, 6.07) is 16.5. The number of fused-ring (bicyclic) bond motifs is 1. The minimum atomic E-state index is -3.36. The van der Waals surface area contributed by atoms with Gasteiger partial charge in [0.15, 0.2) is 15.0 Å². The van der Waals surface area contributed by atoms with E-state index in [2.05, 4.69) is 27.3 Å². The minimum absolute atomic E-state index is 0.00322. The average molecular weight is 442 g/mol. The molecule has 0 aliphatic carbocycles. The van der Waals surface area contributed by atoms with Crippen molar-refractivity contribution in [1.82, 2.24) is 9.88 Å². The summed E-state index contributed by atoms with van der Waals surface area (Å²) < 4.78 is 24.2. The number of nitrogens with one attached hydrogen (secondary N) is 1. The van der Waals surface area contributed by atoms with Gasteiger partial charge in [0.1, 0.15) is 0 Å². The van der Waals surface area contributed by atoms with E-state index in [-0.39, 0.29) is 16.6 Å². The van der Waals surface area contributed by atoms with E-state index in [0.29, 0.717) is 10.7 Å². The number of thiazole rings is 1. The van der Waals surface area contributed by atoms with Crippen molar-refractivity contribution in [3.63, 3.8) is 0 Å². The lowest BCUT2D eigenvalue weighted by atomic mass is 10.1. The molecule has 0 atom stereocenters. The number of hydrogen-bond donors (Lipinski definition) is 1. The van der Waals surface area contributed by atoms with Gasteiger partial charge in [-0.2, -0.15) is 0 Å². The second-order valence-electron chi connectivity index (χ2n) is 7.22. The highest BCUT2D eigenvalue weighted by molar-refractivity contribution is 7.91. The first-order chi connectivity index (χ1) is 14.4. The van der Waals surface area contributed by atoms with Crippen molar-refractivity contribution >= 4 is 32.2 Å². The van der Waals surface area contributed by atoms with E-state index < -0.39 is 9.84 Å². The number of nitrogens with zero attached hydrogens (tertiary/aromatic N) is 2. The van der Waals surface area contributed by atoms with Gasteiger partial charge in [0.2, 0.25) is 0 Å². The van der Waals surface area contributed by atoms with Crippen molar-refractivity contribution < 1.29 is 13.2 Å². The largest absolute Gasteiger partial charge is 0.298 e. The third kappa shape index (κ3) is 4.61. The summed E-state index contributed by atoms with van der Waals surface area (Å²) in [5, 5.41) is 3.38. The standard InChI is InChI=1S/C22H23N3O3S2/c1-2-30(27,28)18-10-6-9-17(13-18)21(26)24-22-23-19-11-12-25(15-20(19)29-22)14-16-7-4-3-5-8-16/h3-10,13H,2,11-12,14-15H2,1H3,(H,23,24,26). The summed E-state index contributed by atoms with van der Waals surface area (Å²) in [6.45, 7) is 4.21. The SMILES string of the molecule is CCS(=O)(=O)c1cccc(C(=O)Nc2nc3c(s2)CN(Cc2ccccc2)CC3)c1. The Bertz CT molecular complexity index is 1160. The molecule has 0 unspecified atom stereocenters. The normalized spacial score (nSPS) is 14.3. The monoisotopic (exact) mass is 441 g/mol. The highest BCUT2D eigenvalue weighted by Gasteiger charge is 2.22. The maximum atomic E-state index is 12.7. The van der Waals surface area contributed by atoms with E-state index in [1.54, 1.807) is 19.1 Å². The molecule has 6 nitrogen and oxygen atoms in total. The van der Waals surface area contributed by atoms with Crippen LogP contribution >= 0.6 is 11.3 Å². The zero-order valence-electron chi connectivity index (χ0n) is 16.7. The van der Waals surface area contributed by atoms with Crippen LogP contribution in [0.1, 0.15) is 33.4 Å². The molecule has 0 saturated heterocycles. The minimum Gasteiger partial charge on any atom is -0.298 e. The molecule has 30 heavy (non-hydrogen) atoms. The number of amides is 1. The number of sulfone groups is 1. The number of aromatic nitrogens is 1. The molecular formula is C22H23N3O3S2. The van der Waals surface area contributed by atoms with Gasteiger partial charge in [-0.25, -0.2) is 13.4 Å². The second kappa shape index (κ2) is 8.67.